The van der Waals surface area contributed by atoms with Crippen molar-refractivity contribution in [1.82, 2.24) is 4.90 Å². The van der Waals surface area contributed by atoms with Gasteiger partial charge in [-0.15, -0.1) is 0 Å². The Morgan fingerprint density at radius 1 is 1.35 bits per heavy atom. The lowest BCUT2D eigenvalue weighted by molar-refractivity contribution is 0.0638. The number of carbonyl (C=O) groups excluding carboxylic acids is 1. The first kappa shape index (κ1) is 15.2. The van der Waals surface area contributed by atoms with E-state index in [0.717, 1.165) is 24.7 Å². The molecule has 1 unspecified atom stereocenters. The van der Waals surface area contributed by atoms with Gasteiger partial charge in [-0.3, -0.25) is 4.79 Å². The number of halogens is 1. The molecule has 20 heavy (non-hydrogen) atoms. The van der Waals surface area contributed by atoms with Gasteiger partial charge in [-0.05, 0) is 31.4 Å². The van der Waals surface area contributed by atoms with E-state index in [-0.39, 0.29) is 11.9 Å². The highest BCUT2D eigenvalue weighted by Gasteiger charge is 2.28. The van der Waals surface area contributed by atoms with E-state index in [4.69, 9.17) is 9.47 Å². The van der Waals surface area contributed by atoms with E-state index < -0.39 is 0 Å². The fourth-order valence-corrected chi connectivity index (χ4v) is 3.23. The van der Waals surface area contributed by atoms with Crippen molar-refractivity contribution < 1.29 is 14.3 Å². The van der Waals surface area contributed by atoms with Gasteiger partial charge in [0.1, 0.15) is 11.5 Å². The van der Waals surface area contributed by atoms with Crippen LogP contribution >= 0.6 is 15.9 Å². The minimum atomic E-state index is 0.0358. The Bertz CT molecular complexity index is 478. The summed E-state index contributed by atoms with van der Waals surface area (Å²) in [6, 6.07) is 5.59. The van der Waals surface area contributed by atoms with Gasteiger partial charge in [-0.25, -0.2) is 0 Å². The third-order valence-electron chi connectivity index (χ3n) is 3.71. The maximum Gasteiger partial charge on any atom is 0.257 e. The summed E-state index contributed by atoms with van der Waals surface area (Å²) in [7, 11) is 3.17. The number of carbonyl (C=O) groups is 1. The number of likely N-dealkylation sites (tertiary alicyclic amines) is 1. The van der Waals surface area contributed by atoms with E-state index in [9.17, 15) is 4.79 Å². The van der Waals surface area contributed by atoms with Crippen LogP contribution in [-0.4, -0.2) is 42.9 Å². The predicted molar refractivity (Wildman–Crippen MR) is 82.0 cm³/mol. The highest BCUT2D eigenvalue weighted by Crippen LogP contribution is 2.28. The van der Waals surface area contributed by atoms with Crippen LogP contribution in [0.1, 0.15) is 29.6 Å². The van der Waals surface area contributed by atoms with Gasteiger partial charge in [0.15, 0.2) is 0 Å². The van der Waals surface area contributed by atoms with Crippen molar-refractivity contribution in [3.63, 3.8) is 0 Å². The van der Waals surface area contributed by atoms with E-state index >= 15 is 0 Å². The highest BCUT2D eigenvalue weighted by molar-refractivity contribution is 9.09. The Morgan fingerprint density at radius 3 is 2.80 bits per heavy atom. The number of nitrogens with zero attached hydrogens (tertiary/aromatic N) is 1. The smallest absolute Gasteiger partial charge is 0.257 e. The van der Waals surface area contributed by atoms with Crippen molar-refractivity contribution in [3.8, 4) is 11.5 Å². The average molecular weight is 342 g/mol. The number of hydrogen-bond donors (Lipinski definition) is 0. The monoisotopic (exact) mass is 341 g/mol. The van der Waals surface area contributed by atoms with Gasteiger partial charge in [0.05, 0.1) is 19.8 Å². The summed E-state index contributed by atoms with van der Waals surface area (Å²) in [5.41, 5.74) is 0.598. The number of hydrogen-bond acceptors (Lipinski definition) is 3. The van der Waals surface area contributed by atoms with Crippen LogP contribution in [0.5, 0.6) is 11.5 Å². The van der Waals surface area contributed by atoms with Gasteiger partial charge in [-0.1, -0.05) is 15.9 Å². The molecule has 1 atom stereocenters. The Morgan fingerprint density at radius 2 is 2.15 bits per heavy atom. The molecular formula is C15H20BrNO3. The first-order chi connectivity index (χ1) is 9.71. The second-order valence-corrected chi connectivity index (χ2v) is 5.52. The maximum atomic E-state index is 12.7. The average Bonchev–Trinajstić information content (AvgIpc) is 2.53. The standard InChI is InChI=1S/C15H20BrNO3/c1-19-12-6-7-13(14(9-12)20-2)15(18)17-8-4-3-5-11(17)10-16/h6-7,9,11H,3-5,8,10H2,1-2H3. The van der Waals surface area contributed by atoms with Crippen molar-refractivity contribution in [2.45, 2.75) is 25.3 Å². The third kappa shape index (κ3) is 3.08. The molecule has 5 heteroatoms. The Hall–Kier alpha value is -1.23. The van der Waals surface area contributed by atoms with Crippen LogP contribution in [0.25, 0.3) is 0 Å². The summed E-state index contributed by atoms with van der Waals surface area (Å²) in [5, 5.41) is 0.817. The molecule has 1 aromatic carbocycles. The van der Waals surface area contributed by atoms with E-state index in [1.165, 1.54) is 6.42 Å². The summed E-state index contributed by atoms with van der Waals surface area (Å²) in [4.78, 5) is 14.7. The quantitative estimate of drug-likeness (QED) is 0.790. The number of alkyl halides is 1. The van der Waals surface area contributed by atoms with Gasteiger partial charge in [0.25, 0.3) is 5.91 Å². The maximum absolute atomic E-state index is 12.7. The molecule has 110 valence electrons. The summed E-state index contributed by atoms with van der Waals surface area (Å²) in [6.07, 6.45) is 3.29. The first-order valence-electron chi connectivity index (χ1n) is 6.80. The molecule has 1 heterocycles. The normalized spacial score (nSPS) is 18.8. The molecule has 0 radical (unpaired) electrons. The van der Waals surface area contributed by atoms with E-state index in [1.54, 1.807) is 32.4 Å². The van der Waals surface area contributed by atoms with Gasteiger partial charge in [0, 0.05) is 24.0 Å². The Balaban J connectivity index is 2.27. The molecule has 1 amide bonds. The van der Waals surface area contributed by atoms with Crippen molar-refractivity contribution in [3.05, 3.63) is 23.8 Å². The zero-order valence-electron chi connectivity index (χ0n) is 11.9. The second-order valence-electron chi connectivity index (χ2n) is 4.87. The Labute approximate surface area is 128 Å². The van der Waals surface area contributed by atoms with Gasteiger partial charge >= 0.3 is 0 Å². The Kier molecular flexibility index (Phi) is 5.29. The lowest BCUT2D eigenvalue weighted by atomic mass is 10.0. The molecule has 0 N–H and O–H groups in total. The molecule has 0 spiro atoms. The molecule has 0 aliphatic carbocycles. The topological polar surface area (TPSA) is 38.8 Å². The highest BCUT2D eigenvalue weighted by atomic mass is 79.9. The molecule has 0 aromatic heterocycles. The fourth-order valence-electron chi connectivity index (χ4n) is 2.56. The molecular weight excluding hydrogens is 322 g/mol. The lowest BCUT2D eigenvalue weighted by Crippen LogP contribution is -2.44. The molecule has 2 rings (SSSR count). The van der Waals surface area contributed by atoms with Gasteiger partial charge in [0.2, 0.25) is 0 Å². The molecule has 4 nitrogen and oxygen atoms in total. The van der Waals surface area contributed by atoms with Crippen LogP contribution < -0.4 is 9.47 Å². The van der Waals surface area contributed by atoms with Crippen LogP contribution in [0, 0.1) is 0 Å². The number of benzene rings is 1. The number of methoxy groups -OCH3 is 2. The molecule has 0 bridgehead atoms. The lowest BCUT2D eigenvalue weighted by Gasteiger charge is -2.35. The molecule has 1 saturated heterocycles. The van der Waals surface area contributed by atoms with Crippen molar-refractivity contribution in [1.29, 1.82) is 0 Å². The number of rotatable bonds is 4. The van der Waals surface area contributed by atoms with E-state index in [1.807, 2.05) is 4.90 Å². The zero-order chi connectivity index (χ0) is 14.5. The van der Waals surface area contributed by atoms with Crippen LogP contribution in [0.2, 0.25) is 0 Å². The number of piperidine rings is 1. The molecule has 1 aliphatic rings. The van der Waals surface area contributed by atoms with E-state index in [2.05, 4.69) is 15.9 Å². The first-order valence-corrected chi connectivity index (χ1v) is 7.92. The van der Waals surface area contributed by atoms with E-state index in [0.29, 0.717) is 17.1 Å². The van der Waals surface area contributed by atoms with Crippen LogP contribution in [0.3, 0.4) is 0 Å². The largest absolute Gasteiger partial charge is 0.497 e. The van der Waals surface area contributed by atoms with Crippen molar-refractivity contribution >= 4 is 21.8 Å². The minimum Gasteiger partial charge on any atom is -0.497 e. The molecule has 1 aliphatic heterocycles. The minimum absolute atomic E-state index is 0.0358. The summed E-state index contributed by atoms with van der Waals surface area (Å²) in [5.74, 6) is 1.29. The van der Waals surface area contributed by atoms with Crippen molar-refractivity contribution in [2.75, 3.05) is 26.1 Å². The number of amides is 1. The third-order valence-corrected chi connectivity index (χ3v) is 4.45. The van der Waals surface area contributed by atoms with Gasteiger partial charge in [-0.2, -0.15) is 0 Å². The molecule has 1 fully saturated rings. The second kappa shape index (κ2) is 6.97. The summed E-state index contributed by atoms with van der Waals surface area (Å²) < 4.78 is 10.5. The van der Waals surface area contributed by atoms with Crippen molar-refractivity contribution in [2.24, 2.45) is 0 Å². The zero-order valence-corrected chi connectivity index (χ0v) is 13.5. The SMILES string of the molecule is COc1ccc(C(=O)N2CCCCC2CBr)c(OC)c1. The summed E-state index contributed by atoms with van der Waals surface area (Å²) in [6.45, 7) is 0.810. The fraction of sp³-hybridized carbons (Fsp3) is 0.533. The number of ether oxygens (including phenoxy) is 2. The van der Waals surface area contributed by atoms with Crippen LogP contribution in [-0.2, 0) is 0 Å². The molecule has 0 saturated carbocycles. The van der Waals surface area contributed by atoms with Gasteiger partial charge < -0.3 is 14.4 Å². The summed E-state index contributed by atoms with van der Waals surface area (Å²) >= 11 is 3.51. The van der Waals surface area contributed by atoms with Crippen LogP contribution in [0.15, 0.2) is 18.2 Å². The predicted octanol–water partition coefficient (Wildman–Crippen LogP) is 3.09. The van der Waals surface area contributed by atoms with Crippen LogP contribution in [0.4, 0.5) is 0 Å². The molecule has 1 aromatic rings.